The lowest BCUT2D eigenvalue weighted by molar-refractivity contribution is 0.161. The summed E-state index contributed by atoms with van der Waals surface area (Å²) in [6, 6.07) is 8.58. The van der Waals surface area contributed by atoms with Gasteiger partial charge in [0.2, 0.25) is 0 Å². The summed E-state index contributed by atoms with van der Waals surface area (Å²) in [5.41, 5.74) is 1.22. The van der Waals surface area contributed by atoms with Gasteiger partial charge in [-0.05, 0) is 58.9 Å². The van der Waals surface area contributed by atoms with Crippen molar-refractivity contribution < 1.29 is 9.47 Å². The van der Waals surface area contributed by atoms with Crippen molar-refractivity contribution in [1.29, 1.82) is 0 Å². The van der Waals surface area contributed by atoms with Gasteiger partial charge in [-0.25, -0.2) is 0 Å². The lowest BCUT2D eigenvalue weighted by atomic mass is 10.0. The summed E-state index contributed by atoms with van der Waals surface area (Å²) in [4.78, 5) is 9.77. The van der Waals surface area contributed by atoms with Gasteiger partial charge in [0, 0.05) is 32.3 Å². The molecule has 2 rings (SSSR count). The monoisotopic (exact) mass is 547 g/mol. The van der Waals surface area contributed by atoms with Crippen LogP contribution in [0.1, 0.15) is 37.8 Å². The molecule has 0 bridgehead atoms. The normalized spacial score (nSPS) is 15.6. The Bertz CT molecular complexity index is 626. The number of hydrogen-bond acceptors (Lipinski definition) is 5. The molecule has 7 nitrogen and oxygen atoms in total. The molecule has 0 radical (unpaired) electrons. The molecule has 31 heavy (non-hydrogen) atoms. The molecular weight excluding hydrogens is 505 g/mol. The third-order valence-corrected chi connectivity index (χ3v) is 5.53. The summed E-state index contributed by atoms with van der Waals surface area (Å²) >= 11 is 0. The van der Waals surface area contributed by atoms with Crippen molar-refractivity contribution in [3.05, 3.63) is 29.8 Å². The summed E-state index contributed by atoms with van der Waals surface area (Å²) in [6.07, 6.45) is 3.57. The number of halogens is 1. The molecule has 1 aromatic carbocycles. The Kier molecular flexibility index (Phi) is 14.9. The van der Waals surface area contributed by atoms with E-state index in [4.69, 9.17) is 14.5 Å². The van der Waals surface area contributed by atoms with E-state index in [-0.39, 0.29) is 30.0 Å². The molecule has 2 N–H and O–H groups in total. The zero-order valence-corrected chi connectivity index (χ0v) is 22.1. The summed E-state index contributed by atoms with van der Waals surface area (Å²) in [5, 5.41) is 6.88. The number of nitrogens with one attached hydrogen (secondary N) is 2. The van der Waals surface area contributed by atoms with E-state index in [1.807, 2.05) is 12.1 Å². The summed E-state index contributed by atoms with van der Waals surface area (Å²) < 4.78 is 10.8. The molecule has 1 fully saturated rings. The van der Waals surface area contributed by atoms with Gasteiger partial charge in [-0.3, -0.25) is 9.89 Å². The maximum Gasteiger partial charge on any atom is 0.191 e. The molecule has 0 amide bonds. The highest BCUT2D eigenvalue weighted by atomic mass is 127. The molecule has 0 aliphatic carbocycles. The van der Waals surface area contributed by atoms with E-state index in [2.05, 4.69) is 46.5 Å². The van der Waals surface area contributed by atoms with Crippen molar-refractivity contribution in [1.82, 2.24) is 20.4 Å². The molecule has 1 aliphatic heterocycles. The van der Waals surface area contributed by atoms with Gasteiger partial charge in [0.05, 0.1) is 26.3 Å². The van der Waals surface area contributed by atoms with Crippen molar-refractivity contribution in [3.63, 3.8) is 0 Å². The second-order valence-corrected chi connectivity index (χ2v) is 7.80. The number of aliphatic imine (C=N–C) groups is 1. The van der Waals surface area contributed by atoms with E-state index >= 15 is 0 Å². The third kappa shape index (κ3) is 9.93. The summed E-state index contributed by atoms with van der Waals surface area (Å²) in [5.74, 6) is 1.83. The quantitative estimate of drug-likeness (QED) is 0.172. The predicted octanol–water partition coefficient (Wildman–Crippen LogP) is 2.97. The Hall–Kier alpha value is -1.10. The van der Waals surface area contributed by atoms with E-state index in [1.165, 1.54) is 18.4 Å². The Labute approximate surface area is 206 Å². The maximum atomic E-state index is 5.65. The highest BCUT2D eigenvalue weighted by Gasteiger charge is 2.25. The average Bonchev–Trinajstić information content (AvgIpc) is 3.30. The second-order valence-electron chi connectivity index (χ2n) is 7.80. The minimum absolute atomic E-state index is 0. The van der Waals surface area contributed by atoms with Crippen LogP contribution in [-0.2, 0) is 4.74 Å². The molecule has 1 aliphatic rings. The topological polar surface area (TPSA) is 61.4 Å². The van der Waals surface area contributed by atoms with Gasteiger partial charge in [0.1, 0.15) is 5.75 Å². The minimum Gasteiger partial charge on any atom is -0.496 e. The van der Waals surface area contributed by atoms with Crippen LogP contribution in [0.25, 0.3) is 0 Å². The summed E-state index contributed by atoms with van der Waals surface area (Å²) in [7, 11) is 5.62. The Morgan fingerprint density at radius 3 is 2.58 bits per heavy atom. The second kappa shape index (κ2) is 16.5. The molecule has 8 heteroatoms. The fraction of sp³-hybridized carbons (Fsp3) is 0.696. The van der Waals surface area contributed by atoms with Crippen LogP contribution in [0, 0.1) is 0 Å². The average molecular weight is 548 g/mol. The Morgan fingerprint density at radius 2 is 1.90 bits per heavy atom. The van der Waals surface area contributed by atoms with Gasteiger partial charge in [-0.1, -0.05) is 18.2 Å². The van der Waals surface area contributed by atoms with E-state index < -0.39 is 0 Å². The van der Waals surface area contributed by atoms with Crippen LogP contribution in [0.4, 0.5) is 0 Å². The smallest absolute Gasteiger partial charge is 0.191 e. The van der Waals surface area contributed by atoms with Gasteiger partial charge >= 0.3 is 0 Å². The maximum absolute atomic E-state index is 5.65. The van der Waals surface area contributed by atoms with Crippen molar-refractivity contribution >= 4 is 29.9 Å². The molecule has 0 spiro atoms. The van der Waals surface area contributed by atoms with Crippen LogP contribution in [0.5, 0.6) is 5.75 Å². The van der Waals surface area contributed by atoms with Crippen molar-refractivity contribution in [3.8, 4) is 5.75 Å². The molecule has 1 saturated heterocycles. The first-order valence-electron chi connectivity index (χ1n) is 11.3. The van der Waals surface area contributed by atoms with Crippen LogP contribution in [0.3, 0.4) is 0 Å². The Morgan fingerprint density at radius 1 is 1.16 bits per heavy atom. The van der Waals surface area contributed by atoms with Gasteiger partial charge in [-0.2, -0.15) is 0 Å². The number of para-hydroxylation sites is 1. The van der Waals surface area contributed by atoms with E-state index in [0.717, 1.165) is 64.0 Å². The van der Waals surface area contributed by atoms with Crippen molar-refractivity contribution in [2.45, 2.75) is 32.2 Å². The van der Waals surface area contributed by atoms with Crippen LogP contribution in [-0.4, -0.2) is 89.4 Å². The third-order valence-electron chi connectivity index (χ3n) is 5.53. The highest BCUT2D eigenvalue weighted by molar-refractivity contribution is 14.0. The van der Waals surface area contributed by atoms with Crippen LogP contribution in [0.2, 0.25) is 0 Å². The Balaban J connectivity index is 0.00000480. The van der Waals surface area contributed by atoms with Crippen molar-refractivity contribution in [2.75, 3.05) is 73.7 Å². The first-order chi connectivity index (χ1) is 14.7. The number of benzene rings is 1. The molecule has 1 atom stereocenters. The molecule has 1 aromatic rings. The lowest BCUT2D eigenvalue weighted by Crippen LogP contribution is -2.39. The van der Waals surface area contributed by atoms with Gasteiger partial charge < -0.3 is 25.0 Å². The fourth-order valence-corrected chi connectivity index (χ4v) is 3.84. The minimum atomic E-state index is 0. The lowest BCUT2D eigenvalue weighted by Gasteiger charge is -2.28. The predicted molar refractivity (Wildman–Crippen MR) is 140 cm³/mol. The standard InChI is InChI=1S/C23H41N5O2.HI/c1-5-24-23(25-13-10-14-27(2)17-18-29-3)26-19-21(28-15-8-9-16-28)20-11-6-7-12-22(20)30-4;/h6-7,11-12,21H,5,8-10,13-19H2,1-4H3,(H2,24,25,26);1H. The SMILES string of the molecule is CCNC(=NCC(c1ccccc1OC)N1CCCC1)NCCCN(C)CCOC.I. The highest BCUT2D eigenvalue weighted by Crippen LogP contribution is 2.31. The van der Waals surface area contributed by atoms with E-state index in [9.17, 15) is 0 Å². The van der Waals surface area contributed by atoms with Crippen molar-refractivity contribution in [2.24, 2.45) is 4.99 Å². The molecular formula is C23H42IN5O2. The first kappa shape index (κ1) is 27.9. The largest absolute Gasteiger partial charge is 0.496 e. The molecule has 0 saturated carbocycles. The van der Waals surface area contributed by atoms with Crippen LogP contribution in [0.15, 0.2) is 29.3 Å². The number of ether oxygens (including phenoxy) is 2. The van der Waals surface area contributed by atoms with Crippen LogP contribution >= 0.6 is 24.0 Å². The van der Waals surface area contributed by atoms with E-state index in [0.29, 0.717) is 6.54 Å². The summed E-state index contributed by atoms with van der Waals surface area (Å²) in [6.45, 7) is 9.57. The zero-order chi connectivity index (χ0) is 21.6. The molecule has 1 unspecified atom stereocenters. The van der Waals surface area contributed by atoms with Gasteiger partial charge in [0.25, 0.3) is 0 Å². The number of methoxy groups -OCH3 is 2. The van der Waals surface area contributed by atoms with Gasteiger partial charge in [-0.15, -0.1) is 24.0 Å². The number of nitrogens with zero attached hydrogens (tertiary/aromatic N) is 3. The number of rotatable bonds is 13. The number of likely N-dealkylation sites (tertiary alicyclic amines) is 1. The fourth-order valence-electron chi connectivity index (χ4n) is 3.84. The molecule has 1 heterocycles. The number of hydrogen-bond donors (Lipinski definition) is 2. The van der Waals surface area contributed by atoms with Gasteiger partial charge in [0.15, 0.2) is 5.96 Å². The first-order valence-corrected chi connectivity index (χ1v) is 11.3. The zero-order valence-electron chi connectivity index (χ0n) is 19.7. The van der Waals surface area contributed by atoms with Crippen LogP contribution < -0.4 is 15.4 Å². The van der Waals surface area contributed by atoms with E-state index in [1.54, 1.807) is 14.2 Å². The molecule has 178 valence electrons. The number of guanidine groups is 1. The molecule has 0 aromatic heterocycles. The number of likely N-dealkylation sites (N-methyl/N-ethyl adjacent to an activating group) is 1.